The van der Waals surface area contributed by atoms with E-state index in [2.05, 4.69) is 5.32 Å². The number of rotatable bonds is 7. The molecule has 1 saturated heterocycles. The van der Waals surface area contributed by atoms with Crippen LogP contribution in [0.1, 0.15) is 26.3 Å². The van der Waals surface area contributed by atoms with Gasteiger partial charge in [0.25, 0.3) is 10.0 Å². The van der Waals surface area contributed by atoms with Gasteiger partial charge in [-0.1, -0.05) is 23.2 Å². The van der Waals surface area contributed by atoms with Crippen molar-refractivity contribution in [2.75, 3.05) is 37.1 Å². The van der Waals surface area contributed by atoms with Crippen molar-refractivity contribution in [3.05, 3.63) is 58.1 Å². The molecule has 1 heterocycles. The third-order valence-electron chi connectivity index (χ3n) is 5.59. The van der Waals surface area contributed by atoms with Gasteiger partial charge in [0.05, 0.1) is 33.9 Å². The first-order valence-corrected chi connectivity index (χ1v) is 14.2. The van der Waals surface area contributed by atoms with Crippen LogP contribution in [-0.4, -0.2) is 69.8 Å². The van der Waals surface area contributed by atoms with E-state index in [1.54, 1.807) is 20.8 Å². The predicted octanol–water partition coefficient (Wildman–Crippen LogP) is 4.96. The number of carbonyl (C=O) groups excluding carboxylic acids is 2. The van der Waals surface area contributed by atoms with Gasteiger partial charge in [0.2, 0.25) is 5.91 Å². The van der Waals surface area contributed by atoms with Crippen molar-refractivity contribution in [1.82, 2.24) is 10.2 Å². The Bertz CT molecular complexity index is 1330. The van der Waals surface area contributed by atoms with Crippen LogP contribution >= 0.6 is 23.2 Å². The molecule has 2 aromatic carbocycles. The number of hydrogen-bond donors (Lipinski definition) is 1. The number of alkyl carbamates (subject to hydrolysis) is 1. The van der Waals surface area contributed by atoms with Crippen molar-refractivity contribution in [3.8, 4) is 0 Å². The van der Waals surface area contributed by atoms with Crippen LogP contribution in [0.3, 0.4) is 0 Å². The Morgan fingerprint density at radius 1 is 1.12 bits per heavy atom. The number of alkyl halides is 3. The van der Waals surface area contributed by atoms with Crippen LogP contribution in [0.25, 0.3) is 0 Å². The van der Waals surface area contributed by atoms with Crippen LogP contribution in [-0.2, 0) is 30.5 Å². The molecular weight excluding hydrogens is 598 g/mol. The minimum Gasteiger partial charge on any atom is -0.444 e. The Balaban J connectivity index is 1.87. The van der Waals surface area contributed by atoms with Gasteiger partial charge in [0.15, 0.2) is 0 Å². The normalized spacial score (nSPS) is 16.4. The number of ether oxygens (including phenoxy) is 2. The van der Waals surface area contributed by atoms with Gasteiger partial charge in [0.1, 0.15) is 12.1 Å². The molecule has 3 rings (SSSR count). The maximum absolute atomic E-state index is 13.6. The van der Waals surface area contributed by atoms with Crippen LogP contribution < -0.4 is 9.62 Å². The fourth-order valence-electron chi connectivity index (χ4n) is 3.72. The number of halogens is 5. The molecule has 9 nitrogen and oxygen atoms in total. The van der Waals surface area contributed by atoms with Gasteiger partial charge >= 0.3 is 12.3 Å². The van der Waals surface area contributed by atoms with Crippen LogP contribution in [0.5, 0.6) is 0 Å². The van der Waals surface area contributed by atoms with E-state index in [1.807, 2.05) is 0 Å². The van der Waals surface area contributed by atoms with Crippen LogP contribution in [0.4, 0.5) is 23.7 Å². The number of benzene rings is 2. The summed E-state index contributed by atoms with van der Waals surface area (Å²) >= 11 is 12.0. The molecule has 40 heavy (non-hydrogen) atoms. The Hall–Kier alpha value is -2.74. The van der Waals surface area contributed by atoms with E-state index in [4.69, 9.17) is 32.7 Å². The highest BCUT2D eigenvalue weighted by Gasteiger charge is 2.36. The average molecular weight is 626 g/mol. The van der Waals surface area contributed by atoms with Crippen LogP contribution in [0, 0.1) is 0 Å². The Morgan fingerprint density at radius 2 is 1.77 bits per heavy atom. The van der Waals surface area contributed by atoms with Crippen molar-refractivity contribution in [2.45, 2.75) is 43.5 Å². The van der Waals surface area contributed by atoms with Gasteiger partial charge in [-0.05, 0) is 63.2 Å². The molecule has 220 valence electrons. The number of morpholine rings is 1. The summed E-state index contributed by atoms with van der Waals surface area (Å²) in [5.41, 5.74) is -2.38. The molecule has 15 heteroatoms. The molecule has 1 unspecified atom stereocenters. The zero-order valence-corrected chi connectivity index (χ0v) is 24.1. The molecule has 0 aliphatic carbocycles. The largest absolute Gasteiger partial charge is 0.444 e. The Morgan fingerprint density at radius 3 is 2.38 bits per heavy atom. The summed E-state index contributed by atoms with van der Waals surface area (Å²) in [6.07, 6.45) is -6.11. The molecule has 1 atom stereocenters. The van der Waals surface area contributed by atoms with Crippen molar-refractivity contribution < 1.29 is 40.7 Å². The topological polar surface area (TPSA) is 105 Å². The molecule has 0 radical (unpaired) electrons. The van der Waals surface area contributed by atoms with E-state index in [9.17, 15) is 31.2 Å². The second-order valence-electron chi connectivity index (χ2n) is 9.84. The third-order valence-corrected chi connectivity index (χ3v) is 7.93. The summed E-state index contributed by atoms with van der Waals surface area (Å²) in [6.45, 7) is 4.41. The first kappa shape index (κ1) is 31.8. The molecule has 1 aliphatic rings. The number of hydrogen-bond acceptors (Lipinski definition) is 6. The molecule has 1 aliphatic heterocycles. The van der Waals surface area contributed by atoms with Crippen LogP contribution in [0.15, 0.2) is 47.4 Å². The quantitative estimate of drug-likeness (QED) is 0.466. The number of amides is 2. The fraction of sp³-hybridized carbons (Fsp3) is 0.440. The van der Waals surface area contributed by atoms with E-state index >= 15 is 0 Å². The van der Waals surface area contributed by atoms with Gasteiger partial charge in [-0.2, -0.15) is 13.2 Å². The molecular formula is C25H28Cl2F3N3O6S. The SMILES string of the molecule is CC(C)(C)OC(=O)NCC1CN(C(=O)CN(c2cc(C(F)(F)F)ccc2Cl)S(=O)(=O)c2ccc(Cl)cc2)CCO1. The standard InChI is InChI=1S/C25H28Cl2F3N3O6S/c1-24(2,3)39-23(35)31-13-18-14-32(10-11-38-18)22(34)15-33(40(36,37)19-7-5-17(26)6-8-19)21-12-16(25(28,29)30)4-9-20(21)27/h4-9,12,18H,10-11,13-15H2,1-3H3,(H,31,35). The average Bonchev–Trinajstić information content (AvgIpc) is 2.85. The Labute approximate surface area is 240 Å². The predicted molar refractivity (Wildman–Crippen MR) is 143 cm³/mol. The molecule has 1 fully saturated rings. The summed E-state index contributed by atoms with van der Waals surface area (Å²) in [5, 5.41) is 2.48. The minimum absolute atomic E-state index is 0.00490. The summed E-state index contributed by atoms with van der Waals surface area (Å²) in [7, 11) is -4.57. The van der Waals surface area contributed by atoms with Crippen LogP contribution in [0.2, 0.25) is 10.0 Å². The van der Waals surface area contributed by atoms with Gasteiger partial charge in [0, 0.05) is 24.7 Å². The lowest BCUT2D eigenvalue weighted by Gasteiger charge is -2.35. The molecule has 0 spiro atoms. The molecule has 0 aromatic heterocycles. The summed E-state index contributed by atoms with van der Waals surface area (Å²) < 4.78 is 79.0. The number of nitrogens with zero attached hydrogens (tertiary/aromatic N) is 2. The lowest BCUT2D eigenvalue weighted by atomic mass is 10.2. The van der Waals surface area contributed by atoms with Crippen molar-refractivity contribution in [1.29, 1.82) is 0 Å². The van der Waals surface area contributed by atoms with Gasteiger partial charge in [-0.3, -0.25) is 9.10 Å². The van der Waals surface area contributed by atoms with E-state index < -0.39 is 57.7 Å². The van der Waals surface area contributed by atoms with Crippen molar-refractivity contribution in [3.63, 3.8) is 0 Å². The smallest absolute Gasteiger partial charge is 0.416 e. The second-order valence-corrected chi connectivity index (χ2v) is 12.6. The molecule has 2 aromatic rings. The highest BCUT2D eigenvalue weighted by molar-refractivity contribution is 7.92. The van der Waals surface area contributed by atoms with Gasteiger partial charge in [-0.15, -0.1) is 0 Å². The molecule has 0 saturated carbocycles. The van der Waals surface area contributed by atoms with E-state index in [0.29, 0.717) is 16.4 Å². The van der Waals surface area contributed by atoms with E-state index in [0.717, 1.165) is 6.07 Å². The first-order valence-electron chi connectivity index (χ1n) is 12.0. The second kappa shape index (κ2) is 12.4. The zero-order chi connectivity index (χ0) is 29.9. The first-order chi connectivity index (χ1) is 18.5. The lowest BCUT2D eigenvalue weighted by Crippen LogP contribution is -2.52. The number of nitrogens with one attached hydrogen (secondary N) is 1. The highest BCUT2D eigenvalue weighted by atomic mass is 35.5. The number of anilines is 1. The third kappa shape index (κ3) is 8.38. The van der Waals surface area contributed by atoms with E-state index in [-0.39, 0.29) is 41.2 Å². The molecule has 1 N–H and O–H groups in total. The lowest BCUT2D eigenvalue weighted by molar-refractivity contribution is -0.137. The van der Waals surface area contributed by atoms with Gasteiger partial charge in [-0.25, -0.2) is 13.2 Å². The summed E-state index contributed by atoms with van der Waals surface area (Å²) in [5.74, 6) is -0.711. The van der Waals surface area contributed by atoms with E-state index in [1.165, 1.54) is 29.2 Å². The fourth-order valence-corrected chi connectivity index (χ4v) is 5.54. The molecule has 0 bridgehead atoms. The van der Waals surface area contributed by atoms with Gasteiger partial charge < -0.3 is 19.7 Å². The van der Waals surface area contributed by atoms with Crippen molar-refractivity contribution >= 4 is 50.9 Å². The monoisotopic (exact) mass is 625 g/mol. The highest BCUT2D eigenvalue weighted by Crippen LogP contribution is 2.37. The van der Waals surface area contributed by atoms with Crippen molar-refractivity contribution in [2.24, 2.45) is 0 Å². The summed E-state index contributed by atoms with van der Waals surface area (Å²) in [6, 6.07) is 7.15. The maximum atomic E-state index is 13.6. The number of sulfonamides is 1. The zero-order valence-electron chi connectivity index (χ0n) is 21.8. The molecule has 2 amide bonds. The maximum Gasteiger partial charge on any atom is 0.416 e. The minimum atomic E-state index is -4.79. The number of carbonyl (C=O) groups is 2. The summed E-state index contributed by atoms with van der Waals surface area (Å²) in [4.78, 5) is 26.3. The Kier molecular flexibility index (Phi) is 9.86.